The van der Waals surface area contributed by atoms with Crippen molar-refractivity contribution >= 4 is 33.6 Å². The molecule has 1 fully saturated rings. The molecule has 2 heterocycles. The van der Waals surface area contributed by atoms with Gasteiger partial charge in [0.1, 0.15) is 0 Å². The highest BCUT2D eigenvalue weighted by molar-refractivity contribution is 5.97. The molecule has 1 aliphatic rings. The summed E-state index contributed by atoms with van der Waals surface area (Å²) >= 11 is 0. The predicted octanol–water partition coefficient (Wildman–Crippen LogP) is 3.70. The SMILES string of the molecule is O=C(Cc1ccc2ccccc2c1)NNC(=O)c1cnc2c(cnn2C2CCCC2)c1. The molecule has 4 aromatic rings. The minimum atomic E-state index is -0.408. The molecule has 5 rings (SSSR count). The van der Waals surface area contributed by atoms with E-state index in [2.05, 4.69) is 20.9 Å². The molecule has 0 radical (unpaired) electrons. The Kier molecular flexibility index (Phi) is 5.08. The second-order valence-corrected chi connectivity index (χ2v) is 8.02. The molecule has 1 aliphatic carbocycles. The molecule has 0 atom stereocenters. The maximum atomic E-state index is 12.5. The van der Waals surface area contributed by atoms with Gasteiger partial charge in [-0.15, -0.1) is 0 Å². The summed E-state index contributed by atoms with van der Waals surface area (Å²) in [6.07, 6.45) is 8.11. The summed E-state index contributed by atoms with van der Waals surface area (Å²) in [6.45, 7) is 0. The van der Waals surface area contributed by atoms with E-state index < -0.39 is 5.91 Å². The van der Waals surface area contributed by atoms with Crippen molar-refractivity contribution in [1.82, 2.24) is 25.6 Å². The van der Waals surface area contributed by atoms with Gasteiger partial charge in [0.05, 0.1) is 24.2 Å². The van der Waals surface area contributed by atoms with Gasteiger partial charge in [-0.1, -0.05) is 55.3 Å². The van der Waals surface area contributed by atoms with Gasteiger partial charge in [0.2, 0.25) is 5.91 Å². The van der Waals surface area contributed by atoms with E-state index in [0.29, 0.717) is 11.6 Å². The second kappa shape index (κ2) is 8.18. The van der Waals surface area contributed by atoms with Gasteiger partial charge in [0.25, 0.3) is 5.91 Å². The summed E-state index contributed by atoms with van der Waals surface area (Å²) < 4.78 is 1.97. The number of pyridine rings is 1. The molecule has 0 aliphatic heterocycles. The Morgan fingerprint density at radius 3 is 2.58 bits per heavy atom. The third kappa shape index (κ3) is 3.99. The maximum Gasteiger partial charge on any atom is 0.271 e. The normalized spacial score (nSPS) is 14.2. The molecule has 0 unspecified atom stereocenters. The van der Waals surface area contributed by atoms with Crippen LogP contribution in [0.4, 0.5) is 0 Å². The van der Waals surface area contributed by atoms with Gasteiger partial charge in [0.15, 0.2) is 5.65 Å². The number of amides is 2. The van der Waals surface area contributed by atoms with Crippen LogP contribution in [0.2, 0.25) is 0 Å². The fraction of sp³-hybridized carbons (Fsp3) is 0.250. The number of aromatic nitrogens is 3. The lowest BCUT2D eigenvalue weighted by molar-refractivity contribution is -0.121. The van der Waals surface area contributed by atoms with Crippen LogP contribution >= 0.6 is 0 Å². The molecule has 2 N–H and O–H groups in total. The van der Waals surface area contributed by atoms with Crippen molar-refractivity contribution in [2.24, 2.45) is 0 Å². The number of nitrogens with zero attached hydrogens (tertiary/aromatic N) is 3. The number of carbonyl (C=O) groups is 2. The molecular formula is C24H23N5O2. The number of nitrogens with one attached hydrogen (secondary N) is 2. The number of hydrazine groups is 1. The van der Waals surface area contributed by atoms with E-state index in [0.717, 1.165) is 40.2 Å². The fourth-order valence-electron chi connectivity index (χ4n) is 4.26. The van der Waals surface area contributed by atoms with E-state index in [9.17, 15) is 9.59 Å². The van der Waals surface area contributed by atoms with Gasteiger partial charge in [-0.3, -0.25) is 20.4 Å². The summed E-state index contributed by atoms with van der Waals surface area (Å²) in [5, 5.41) is 7.50. The first kappa shape index (κ1) is 19.2. The first-order valence-corrected chi connectivity index (χ1v) is 10.6. The van der Waals surface area contributed by atoms with E-state index in [1.54, 1.807) is 12.3 Å². The zero-order valence-electron chi connectivity index (χ0n) is 17.0. The Morgan fingerprint density at radius 2 is 1.74 bits per heavy atom. The smallest absolute Gasteiger partial charge is 0.271 e. The van der Waals surface area contributed by atoms with Crippen LogP contribution in [0, 0.1) is 0 Å². The lowest BCUT2D eigenvalue weighted by Gasteiger charge is -2.11. The number of carbonyl (C=O) groups excluding carboxylic acids is 2. The van der Waals surface area contributed by atoms with Crippen molar-refractivity contribution < 1.29 is 9.59 Å². The van der Waals surface area contributed by atoms with Crippen LogP contribution in [0.5, 0.6) is 0 Å². The molecule has 1 saturated carbocycles. The molecule has 2 aromatic carbocycles. The number of benzene rings is 2. The van der Waals surface area contributed by atoms with Crippen LogP contribution in [-0.2, 0) is 11.2 Å². The van der Waals surface area contributed by atoms with Crippen LogP contribution in [0.15, 0.2) is 60.9 Å². The standard InChI is InChI=1S/C24H23N5O2/c30-22(12-16-9-10-17-5-1-2-6-18(17)11-16)27-28-24(31)20-13-19-15-26-29(23(19)25-14-20)21-7-3-4-8-21/h1-2,5-6,9-11,13-15,21H,3-4,7-8,12H2,(H,27,30)(H,28,31). The van der Waals surface area contributed by atoms with E-state index in [1.807, 2.05) is 47.1 Å². The molecule has 2 aromatic heterocycles. The van der Waals surface area contributed by atoms with Crippen molar-refractivity contribution in [2.45, 2.75) is 38.1 Å². The van der Waals surface area contributed by atoms with Crippen LogP contribution < -0.4 is 10.9 Å². The summed E-state index contributed by atoms with van der Waals surface area (Å²) in [7, 11) is 0. The topological polar surface area (TPSA) is 88.9 Å². The summed E-state index contributed by atoms with van der Waals surface area (Å²) in [4.78, 5) is 29.2. The van der Waals surface area contributed by atoms with Gasteiger partial charge in [-0.05, 0) is 35.2 Å². The lowest BCUT2D eigenvalue weighted by Crippen LogP contribution is -2.42. The Labute approximate surface area is 179 Å². The van der Waals surface area contributed by atoms with E-state index in [-0.39, 0.29) is 12.3 Å². The van der Waals surface area contributed by atoms with Crippen LogP contribution in [0.25, 0.3) is 21.8 Å². The third-order valence-corrected chi connectivity index (χ3v) is 5.86. The zero-order chi connectivity index (χ0) is 21.2. The maximum absolute atomic E-state index is 12.5. The van der Waals surface area contributed by atoms with E-state index in [4.69, 9.17) is 0 Å². The molecular weight excluding hydrogens is 390 g/mol. The Bertz CT molecular complexity index is 1270. The highest BCUT2D eigenvalue weighted by Crippen LogP contribution is 2.31. The second-order valence-electron chi connectivity index (χ2n) is 8.02. The molecule has 2 amide bonds. The van der Waals surface area contributed by atoms with Gasteiger partial charge in [-0.2, -0.15) is 5.10 Å². The van der Waals surface area contributed by atoms with Crippen LogP contribution in [-0.4, -0.2) is 26.6 Å². The van der Waals surface area contributed by atoms with Gasteiger partial charge in [0, 0.05) is 11.6 Å². The van der Waals surface area contributed by atoms with Crippen molar-refractivity contribution in [2.75, 3.05) is 0 Å². The predicted molar refractivity (Wildman–Crippen MR) is 118 cm³/mol. The number of hydrogen-bond acceptors (Lipinski definition) is 4. The first-order chi connectivity index (χ1) is 15.2. The fourth-order valence-corrected chi connectivity index (χ4v) is 4.26. The molecule has 0 bridgehead atoms. The number of rotatable bonds is 4. The average Bonchev–Trinajstić information content (AvgIpc) is 3.46. The Balaban J connectivity index is 1.22. The van der Waals surface area contributed by atoms with Crippen molar-refractivity contribution in [3.8, 4) is 0 Å². The highest BCUT2D eigenvalue weighted by Gasteiger charge is 2.20. The molecule has 156 valence electrons. The van der Waals surface area contributed by atoms with Crippen LogP contribution in [0.1, 0.15) is 47.6 Å². The molecule has 7 heteroatoms. The molecule has 0 spiro atoms. The quantitative estimate of drug-likeness (QED) is 0.499. The molecule has 7 nitrogen and oxygen atoms in total. The third-order valence-electron chi connectivity index (χ3n) is 5.86. The summed E-state index contributed by atoms with van der Waals surface area (Å²) in [5.41, 5.74) is 7.02. The zero-order valence-corrected chi connectivity index (χ0v) is 17.0. The van der Waals surface area contributed by atoms with E-state index >= 15 is 0 Å². The number of fused-ring (bicyclic) bond motifs is 2. The first-order valence-electron chi connectivity index (χ1n) is 10.6. The summed E-state index contributed by atoms with van der Waals surface area (Å²) in [5.74, 6) is -0.693. The minimum Gasteiger partial charge on any atom is -0.273 e. The molecule has 31 heavy (non-hydrogen) atoms. The monoisotopic (exact) mass is 413 g/mol. The average molecular weight is 413 g/mol. The number of hydrogen-bond donors (Lipinski definition) is 2. The van der Waals surface area contributed by atoms with Gasteiger partial charge in [-0.25, -0.2) is 9.67 Å². The van der Waals surface area contributed by atoms with Crippen molar-refractivity contribution in [3.05, 3.63) is 72.1 Å². The lowest BCUT2D eigenvalue weighted by atomic mass is 10.1. The Hall–Kier alpha value is -3.74. The highest BCUT2D eigenvalue weighted by atomic mass is 16.2. The van der Waals surface area contributed by atoms with Gasteiger partial charge < -0.3 is 0 Å². The largest absolute Gasteiger partial charge is 0.273 e. The summed E-state index contributed by atoms with van der Waals surface area (Å²) in [6, 6.07) is 16.0. The molecule has 0 saturated heterocycles. The van der Waals surface area contributed by atoms with E-state index in [1.165, 1.54) is 19.0 Å². The Morgan fingerprint density at radius 1 is 0.935 bits per heavy atom. The van der Waals surface area contributed by atoms with Crippen molar-refractivity contribution in [1.29, 1.82) is 0 Å². The van der Waals surface area contributed by atoms with Crippen molar-refractivity contribution in [3.63, 3.8) is 0 Å². The van der Waals surface area contributed by atoms with Gasteiger partial charge >= 0.3 is 0 Å². The minimum absolute atomic E-state index is 0.177. The van der Waals surface area contributed by atoms with Crippen LogP contribution in [0.3, 0.4) is 0 Å².